The number of rotatable bonds is 6. The zero-order valence-electron chi connectivity index (χ0n) is 11.5. The molecule has 0 atom stereocenters. The Bertz CT molecular complexity index is 404. The molecule has 0 aliphatic heterocycles. The van der Waals surface area contributed by atoms with E-state index < -0.39 is 0 Å². The third-order valence-electron chi connectivity index (χ3n) is 3.13. The molecule has 1 rings (SSSR count). The van der Waals surface area contributed by atoms with E-state index >= 15 is 0 Å². The lowest BCUT2D eigenvalue weighted by Gasteiger charge is -2.20. The molecule has 0 heterocycles. The molecule has 18 heavy (non-hydrogen) atoms. The summed E-state index contributed by atoms with van der Waals surface area (Å²) in [5.41, 5.74) is 9.24. The molecule has 0 unspecified atom stereocenters. The third-order valence-corrected chi connectivity index (χ3v) is 3.13. The van der Waals surface area contributed by atoms with Gasteiger partial charge in [-0.05, 0) is 30.2 Å². The molecule has 0 saturated carbocycles. The minimum absolute atomic E-state index is 0.0491. The zero-order chi connectivity index (χ0) is 13.5. The summed E-state index contributed by atoms with van der Waals surface area (Å²) < 4.78 is 0. The number of nitrogens with zero attached hydrogens (tertiary/aromatic N) is 1. The molecule has 4 heteroatoms. The summed E-state index contributed by atoms with van der Waals surface area (Å²) >= 11 is 0. The average molecular weight is 249 g/mol. The zero-order valence-corrected chi connectivity index (χ0v) is 11.5. The van der Waals surface area contributed by atoms with Crippen molar-refractivity contribution >= 4 is 5.91 Å². The lowest BCUT2D eigenvalue weighted by Crippen LogP contribution is -2.35. The van der Waals surface area contributed by atoms with Gasteiger partial charge in [0.1, 0.15) is 0 Å². The monoisotopic (exact) mass is 249 g/mol. The predicted octanol–water partition coefficient (Wildman–Crippen LogP) is 1.02. The van der Waals surface area contributed by atoms with Crippen molar-refractivity contribution in [1.82, 2.24) is 10.2 Å². The van der Waals surface area contributed by atoms with E-state index in [0.717, 1.165) is 18.7 Å². The molecule has 0 fully saturated rings. The largest absolute Gasteiger partial charge is 0.358 e. The number of hydrogen-bond donors (Lipinski definition) is 2. The van der Waals surface area contributed by atoms with Crippen LogP contribution in [-0.2, 0) is 17.9 Å². The normalized spacial score (nSPS) is 10.7. The Morgan fingerprint density at radius 1 is 1.44 bits per heavy atom. The van der Waals surface area contributed by atoms with Gasteiger partial charge in [-0.25, -0.2) is 0 Å². The second-order valence-electron chi connectivity index (χ2n) is 4.44. The van der Waals surface area contributed by atoms with Crippen molar-refractivity contribution in [1.29, 1.82) is 0 Å². The lowest BCUT2D eigenvalue weighted by molar-refractivity contribution is -0.121. The van der Waals surface area contributed by atoms with E-state index in [1.165, 1.54) is 11.1 Å². The topological polar surface area (TPSA) is 58.4 Å². The molecule has 1 aromatic carbocycles. The number of benzene rings is 1. The van der Waals surface area contributed by atoms with Gasteiger partial charge in [-0.1, -0.05) is 25.1 Å². The van der Waals surface area contributed by atoms with Crippen molar-refractivity contribution in [3.05, 3.63) is 34.9 Å². The summed E-state index contributed by atoms with van der Waals surface area (Å²) in [6.07, 6.45) is 0. The summed E-state index contributed by atoms with van der Waals surface area (Å²) in [7, 11) is 1.66. The van der Waals surface area contributed by atoms with Crippen molar-refractivity contribution < 1.29 is 4.79 Å². The van der Waals surface area contributed by atoms with Gasteiger partial charge in [-0.3, -0.25) is 9.69 Å². The molecule has 0 aliphatic carbocycles. The fourth-order valence-corrected chi connectivity index (χ4v) is 1.86. The molecule has 100 valence electrons. The highest BCUT2D eigenvalue weighted by Crippen LogP contribution is 2.13. The molecular formula is C14H23N3O. The molecule has 1 aromatic rings. The number of aryl methyl sites for hydroxylation is 1. The first kappa shape index (κ1) is 14.7. The van der Waals surface area contributed by atoms with Crippen LogP contribution in [0.15, 0.2) is 18.2 Å². The van der Waals surface area contributed by atoms with Gasteiger partial charge in [-0.15, -0.1) is 0 Å². The fourth-order valence-electron chi connectivity index (χ4n) is 1.86. The van der Waals surface area contributed by atoms with Crippen LogP contribution in [-0.4, -0.2) is 30.9 Å². The molecule has 0 bridgehead atoms. The Labute approximate surface area is 109 Å². The van der Waals surface area contributed by atoms with E-state index in [-0.39, 0.29) is 5.91 Å². The first-order chi connectivity index (χ1) is 8.60. The molecule has 0 spiro atoms. The van der Waals surface area contributed by atoms with E-state index in [2.05, 4.69) is 42.3 Å². The molecule has 0 aromatic heterocycles. The fraction of sp³-hybridized carbons (Fsp3) is 0.500. The molecule has 0 aliphatic rings. The number of likely N-dealkylation sites (N-methyl/N-ethyl adjacent to an activating group) is 2. The molecule has 0 saturated heterocycles. The van der Waals surface area contributed by atoms with Gasteiger partial charge >= 0.3 is 0 Å². The Hall–Kier alpha value is -1.39. The van der Waals surface area contributed by atoms with Crippen molar-refractivity contribution in [2.24, 2.45) is 5.73 Å². The van der Waals surface area contributed by atoms with Gasteiger partial charge in [0, 0.05) is 20.1 Å². The van der Waals surface area contributed by atoms with E-state index in [1.54, 1.807) is 7.05 Å². The Morgan fingerprint density at radius 2 is 2.17 bits per heavy atom. The van der Waals surface area contributed by atoms with Crippen LogP contribution < -0.4 is 11.1 Å². The van der Waals surface area contributed by atoms with Crippen molar-refractivity contribution in [2.45, 2.75) is 26.9 Å². The van der Waals surface area contributed by atoms with Gasteiger partial charge in [0.2, 0.25) is 5.91 Å². The van der Waals surface area contributed by atoms with Crippen molar-refractivity contribution in [3.63, 3.8) is 0 Å². The number of nitrogens with one attached hydrogen (secondary N) is 1. The standard InChI is InChI=1S/C14H23N3O/c1-4-17(10-14(18)16-3)9-13-6-5-12(8-15)7-11(13)2/h5-7H,4,8-10,15H2,1-3H3,(H,16,18). The smallest absolute Gasteiger partial charge is 0.233 e. The number of carbonyl (C=O) groups is 1. The summed E-state index contributed by atoms with van der Waals surface area (Å²) in [5, 5.41) is 2.65. The summed E-state index contributed by atoms with van der Waals surface area (Å²) in [6.45, 7) is 6.79. The van der Waals surface area contributed by atoms with Crippen LogP contribution in [0, 0.1) is 6.92 Å². The maximum atomic E-state index is 11.4. The summed E-state index contributed by atoms with van der Waals surface area (Å²) in [4.78, 5) is 13.5. The molecule has 4 nitrogen and oxygen atoms in total. The van der Waals surface area contributed by atoms with Crippen molar-refractivity contribution in [2.75, 3.05) is 20.1 Å². The SMILES string of the molecule is CCN(CC(=O)NC)Cc1ccc(CN)cc1C. The Kier molecular flexibility index (Phi) is 5.82. The van der Waals surface area contributed by atoms with Crippen LogP contribution in [0.5, 0.6) is 0 Å². The number of nitrogens with two attached hydrogens (primary N) is 1. The van der Waals surface area contributed by atoms with Crippen LogP contribution in [0.1, 0.15) is 23.6 Å². The minimum Gasteiger partial charge on any atom is -0.358 e. The van der Waals surface area contributed by atoms with Crippen LogP contribution >= 0.6 is 0 Å². The average Bonchev–Trinajstić information content (AvgIpc) is 2.39. The predicted molar refractivity (Wildman–Crippen MR) is 74.1 cm³/mol. The first-order valence-electron chi connectivity index (χ1n) is 6.32. The molecule has 3 N–H and O–H groups in total. The van der Waals surface area contributed by atoms with Crippen LogP contribution in [0.3, 0.4) is 0 Å². The second kappa shape index (κ2) is 7.13. The van der Waals surface area contributed by atoms with E-state index in [1.807, 2.05) is 0 Å². The Morgan fingerprint density at radius 3 is 2.67 bits per heavy atom. The minimum atomic E-state index is 0.0491. The Balaban J connectivity index is 2.72. The lowest BCUT2D eigenvalue weighted by atomic mass is 10.0. The number of carbonyl (C=O) groups excluding carboxylic acids is 1. The third kappa shape index (κ3) is 4.13. The van der Waals surface area contributed by atoms with Gasteiger partial charge in [0.25, 0.3) is 0 Å². The molecule has 1 amide bonds. The molecular weight excluding hydrogens is 226 g/mol. The second-order valence-corrected chi connectivity index (χ2v) is 4.44. The quantitative estimate of drug-likeness (QED) is 0.791. The number of amides is 1. The van der Waals surface area contributed by atoms with Crippen LogP contribution in [0.2, 0.25) is 0 Å². The first-order valence-corrected chi connectivity index (χ1v) is 6.32. The highest BCUT2D eigenvalue weighted by atomic mass is 16.1. The number of hydrogen-bond acceptors (Lipinski definition) is 3. The van der Waals surface area contributed by atoms with E-state index in [9.17, 15) is 4.79 Å². The van der Waals surface area contributed by atoms with Gasteiger partial charge in [-0.2, -0.15) is 0 Å². The highest BCUT2D eigenvalue weighted by Gasteiger charge is 2.09. The van der Waals surface area contributed by atoms with Crippen LogP contribution in [0.4, 0.5) is 0 Å². The molecule has 0 radical (unpaired) electrons. The van der Waals surface area contributed by atoms with Crippen LogP contribution in [0.25, 0.3) is 0 Å². The maximum Gasteiger partial charge on any atom is 0.233 e. The van der Waals surface area contributed by atoms with E-state index in [4.69, 9.17) is 5.73 Å². The van der Waals surface area contributed by atoms with Gasteiger partial charge in [0.15, 0.2) is 0 Å². The highest BCUT2D eigenvalue weighted by molar-refractivity contribution is 5.77. The van der Waals surface area contributed by atoms with Gasteiger partial charge < -0.3 is 11.1 Å². The van der Waals surface area contributed by atoms with Crippen molar-refractivity contribution in [3.8, 4) is 0 Å². The summed E-state index contributed by atoms with van der Waals surface area (Å²) in [6, 6.07) is 6.27. The van der Waals surface area contributed by atoms with E-state index in [0.29, 0.717) is 13.1 Å². The van der Waals surface area contributed by atoms with Gasteiger partial charge in [0.05, 0.1) is 6.54 Å². The summed E-state index contributed by atoms with van der Waals surface area (Å²) in [5.74, 6) is 0.0491. The maximum absolute atomic E-state index is 11.4.